The standard InChI is InChI=1S/C12H14BrN3/c13-10-3-1-2-8-6-12(5-4-9(8)10)7-15-11(14)16-12/h1-3H,4-7H2,(H3,14,15,16). The molecule has 84 valence electrons. The summed E-state index contributed by atoms with van der Waals surface area (Å²) >= 11 is 3.62. The quantitative estimate of drug-likeness (QED) is 0.758. The number of hydrogen-bond donors (Lipinski definition) is 2. The molecule has 3 nitrogen and oxygen atoms in total. The van der Waals surface area contributed by atoms with Gasteiger partial charge in [0.05, 0.1) is 12.1 Å². The van der Waals surface area contributed by atoms with Gasteiger partial charge in [0.1, 0.15) is 0 Å². The number of hydrogen-bond acceptors (Lipinski definition) is 3. The molecule has 2 aliphatic rings. The average Bonchev–Trinajstić information content (AvgIpc) is 2.60. The first-order valence-corrected chi connectivity index (χ1v) is 6.32. The number of halogens is 1. The van der Waals surface area contributed by atoms with E-state index in [-0.39, 0.29) is 5.54 Å². The predicted molar refractivity (Wildman–Crippen MR) is 68.5 cm³/mol. The van der Waals surface area contributed by atoms with Crippen molar-refractivity contribution in [2.24, 2.45) is 10.7 Å². The summed E-state index contributed by atoms with van der Waals surface area (Å²) in [4.78, 5) is 4.28. The monoisotopic (exact) mass is 279 g/mol. The van der Waals surface area contributed by atoms with Gasteiger partial charge in [-0.05, 0) is 36.5 Å². The second kappa shape index (κ2) is 3.48. The van der Waals surface area contributed by atoms with E-state index in [0.717, 1.165) is 25.8 Å². The molecule has 16 heavy (non-hydrogen) atoms. The Labute approximate surface area is 103 Å². The third-order valence-electron chi connectivity index (χ3n) is 3.54. The maximum Gasteiger partial charge on any atom is 0.189 e. The third-order valence-corrected chi connectivity index (χ3v) is 4.29. The normalized spacial score (nSPS) is 27.4. The molecule has 0 amide bonds. The topological polar surface area (TPSA) is 50.4 Å². The molecule has 1 unspecified atom stereocenters. The molecule has 0 saturated carbocycles. The second-order valence-electron chi connectivity index (χ2n) is 4.66. The highest BCUT2D eigenvalue weighted by molar-refractivity contribution is 9.10. The number of nitrogens with two attached hydrogens (primary N) is 1. The second-order valence-corrected chi connectivity index (χ2v) is 5.52. The maximum absolute atomic E-state index is 5.72. The number of guanidine groups is 1. The van der Waals surface area contributed by atoms with Crippen LogP contribution in [0.4, 0.5) is 0 Å². The van der Waals surface area contributed by atoms with Gasteiger partial charge in [-0.1, -0.05) is 28.1 Å². The Kier molecular flexibility index (Phi) is 2.21. The number of nitrogens with one attached hydrogen (secondary N) is 1. The molecule has 1 aliphatic heterocycles. The Morgan fingerprint density at radius 2 is 2.31 bits per heavy atom. The molecular formula is C12H14BrN3. The van der Waals surface area contributed by atoms with Gasteiger partial charge in [0.2, 0.25) is 0 Å². The smallest absolute Gasteiger partial charge is 0.189 e. The van der Waals surface area contributed by atoms with E-state index in [1.165, 1.54) is 15.6 Å². The van der Waals surface area contributed by atoms with Crippen molar-refractivity contribution in [3.63, 3.8) is 0 Å². The van der Waals surface area contributed by atoms with Crippen LogP contribution >= 0.6 is 15.9 Å². The van der Waals surface area contributed by atoms with E-state index in [0.29, 0.717) is 5.96 Å². The molecule has 1 atom stereocenters. The van der Waals surface area contributed by atoms with Gasteiger partial charge in [-0.3, -0.25) is 4.99 Å². The molecule has 1 aliphatic carbocycles. The summed E-state index contributed by atoms with van der Waals surface area (Å²) in [7, 11) is 0. The number of benzene rings is 1. The molecule has 3 rings (SSSR count). The lowest BCUT2D eigenvalue weighted by molar-refractivity contribution is 0.361. The highest BCUT2D eigenvalue weighted by Gasteiger charge is 2.38. The van der Waals surface area contributed by atoms with E-state index >= 15 is 0 Å². The van der Waals surface area contributed by atoms with E-state index in [9.17, 15) is 0 Å². The molecule has 1 heterocycles. The van der Waals surface area contributed by atoms with Crippen molar-refractivity contribution in [2.45, 2.75) is 24.8 Å². The molecule has 0 fully saturated rings. The first kappa shape index (κ1) is 10.1. The van der Waals surface area contributed by atoms with Crippen LogP contribution in [0.5, 0.6) is 0 Å². The van der Waals surface area contributed by atoms with Gasteiger partial charge >= 0.3 is 0 Å². The van der Waals surface area contributed by atoms with E-state index in [2.05, 4.69) is 44.4 Å². The van der Waals surface area contributed by atoms with Gasteiger partial charge in [0.15, 0.2) is 5.96 Å². The molecule has 0 aromatic heterocycles. The van der Waals surface area contributed by atoms with E-state index in [1.54, 1.807) is 0 Å². The summed E-state index contributed by atoms with van der Waals surface area (Å²) in [6.07, 6.45) is 3.21. The van der Waals surface area contributed by atoms with E-state index < -0.39 is 0 Å². The first-order chi connectivity index (χ1) is 7.69. The van der Waals surface area contributed by atoms with Crippen LogP contribution in [0.3, 0.4) is 0 Å². The summed E-state index contributed by atoms with van der Waals surface area (Å²) in [5.41, 5.74) is 8.66. The minimum Gasteiger partial charge on any atom is -0.370 e. The van der Waals surface area contributed by atoms with Crippen LogP contribution in [0.25, 0.3) is 0 Å². The number of fused-ring (bicyclic) bond motifs is 1. The Bertz CT molecular complexity index is 469. The first-order valence-electron chi connectivity index (χ1n) is 5.53. The molecule has 1 aromatic carbocycles. The summed E-state index contributed by atoms with van der Waals surface area (Å²) in [6.45, 7) is 0.810. The van der Waals surface area contributed by atoms with Gasteiger partial charge in [-0.2, -0.15) is 0 Å². The van der Waals surface area contributed by atoms with Crippen molar-refractivity contribution < 1.29 is 0 Å². The molecule has 0 radical (unpaired) electrons. The van der Waals surface area contributed by atoms with Crippen molar-refractivity contribution in [1.82, 2.24) is 5.32 Å². The molecule has 3 N–H and O–H groups in total. The minimum atomic E-state index is 0.0812. The lowest BCUT2D eigenvalue weighted by Crippen LogP contribution is -2.51. The van der Waals surface area contributed by atoms with Crippen molar-refractivity contribution in [3.05, 3.63) is 33.8 Å². The van der Waals surface area contributed by atoms with Crippen LogP contribution in [0.15, 0.2) is 27.7 Å². The SMILES string of the molecule is NC1=NCC2(CCc3c(Br)cccc3C2)N1. The van der Waals surface area contributed by atoms with Crippen LogP contribution in [0.1, 0.15) is 17.5 Å². The largest absolute Gasteiger partial charge is 0.370 e. The zero-order valence-corrected chi connectivity index (χ0v) is 10.5. The lowest BCUT2D eigenvalue weighted by Gasteiger charge is -2.35. The summed E-state index contributed by atoms with van der Waals surface area (Å²) in [5, 5.41) is 3.34. The van der Waals surface area contributed by atoms with E-state index in [1.807, 2.05) is 0 Å². The fourth-order valence-electron chi connectivity index (χ4n) is 2.70. The van der Waals surface area contributed by atoms with Gasteiger partial charge in [0.25, 0.3) is 0 Å². The van der Waals surface area contributed by atoms with Crippen molar-refractivity contribution >= 4 is 21.9 Å². The third kappa shape index (κ3) is 1.52. The predicted octanol–water partition coefficient (Wildman–Crippen LogP) is 1.59. The zero-order valence-electron chi connectivity index (χ0n) is 8.96. The minimum absolute atomic E-state index is 0.0812. The number of rotatable bonds is 0. The van der Waals surface area contributed by atoms with Crippen molar-refractivity contribution in [1.29, 1.82) is 0 Å². The Balaban J connectivity index is 1.93. The molecule has 4 heteroatoms. The average molecular weight is 280 g/mol. The maximum atomic E-state index is 5.72. The van der Waals surface area contributed by atoms with Gasteiger partial charge in [0, 0.05) is 4.47 Å². The zero-order chi connectivity index (χ0) is 11.2. The molecule has 0 saturated heterocycles. The fourth-order valence-corrected chi connectivity index (χ4v) is 3.30. The molecular weight excluding hydrogens is 266 g/mol. The van der Waals surface area contributed by atoms with Crippen LogP contribution in [0.2, 0.25) is 0 Å². The van der Waals surface area contributed by atoms with Gasteiger partial charge < -0.3 is 11.1 Å². The highest BCUT2D eigenvalue weighted by atomic mass is 79.9. The Hall–Kier alpha value is -1.03. The van der Waals surface area contributed by atoms with Crippen LogP contribution < -0.4 is 11.1 Å². The van der Waals surface area contributed by atoms with Gasteiger partial charge in [-0.25, -0.2) is 0 Å². The number of nitrogens with zero attached hydrogens (tertiary/aromatic N) is 1. The fraction of sp³-hybridized carbons (Fsp3) is 0.417. The highest BCUT2D eigenvalue weighted by Crippen LogP contribution is 2.34. The van der Waals surface area contributed by atoms with Crippen LogP contribution in [-0.4, -0.2) is 18.0 Å². The molecule has 1 spiro atoms. The van der Waals surface area contributed by atoms with E-state index in [4.69, 9.17) is 5.73 Å². The summed E-state index contributed by atoms with van der Waals surface area (Å²) in [5.74, 6) is 0.596. The van der Waals surface area contributed by atoms with Crippen molar-refractivity contribution in [3.8, 4) is 0 Å². The Morgan fingerprint density at radius 3 is 3.06 bits per heavy atom. The lowest BCUT2D eigenvalue weighted by atomic mass is 9.78. The number of aliphatic imine (C=N–C) groups is 1. The molecule has 0 bridgehead atoms. The summed E-state index contributed by atoms with van der Waals surface area (Å²) < 4.78 is 1.23. The van der Waals surface area contributed by atoms with Crippen molar-refractivity contribution in [2.75, 3.05) is 6.54 Å². The van der Waals surface area contributed by atoms with Gasteiger partial charge in [-0.15, -0.1) is 0 Å². The Morgan fingerprint density at radius 1 is 1.44 bits per heavy atom. The summed E-state index contributed by atoms with van der Waals surface area (Å²) in [6, 6.07) is 6.42. The van der Waals surface area contributed by atoms with Crippen LogP contribution in [0, 0.1) is 0 Å². The van der Waals surface area contributed by atoms with Crippen LogP contribution in [-0.2, 0) is 12.8 Å². The molecule has 1 aromatic rings.